The Hall–Kier alpha value is -0.640. The van der Waals surface area contributed by atoms with Gasteiger partial charge in [0, 0.05) is 0 Å². The third kappa shape index (κ3) is 3.32. The van der Waals surface area contributed by atoms with E-state index in [0.717, 1.165) is 0 Å². The Balaban J connectivity index is 4.36. The molecule has 0 aliphatic rings. The zero-order valence-corrected chi connectivity index (χ0v) is 7.06. The molecule has 5 nitrogen and oxygen atoms in total. The number of aliphatic hydroxyl groups excluding tert-OH is 1. The number of carbonyl (C=O) groups excluding carboxylic acids is 1. The van der Waals surface area contributed by atoms with E-state index in [9.17, 15) is 4.79 Å². The normalized spacial score (nSPS) is 12.3. The highest BCUT2D eigenvalue weighted by atomic mass is 31.0. The average molecular weight is 180 g/mol. The molecular formula is C5H9O5P. The minimum atomic E-state index is -0.760. The number of carbonyl (C=O) groups is 1. The third-order valence-electron chi connectivity index (χ3n) is 0.999. The van der Waals surface area contributed by atoms with Crippen LogP contribution in [0.15, 0.2) is 11.3 Å². The maximum Gasteiger partial charge on any atom is 0.342 e. The Bertz CT molecular complexity index is 172. The molecule has 0 bridgehead atoms. The van der Waals surface area contributed by atoms with Crippen LogP contribution in [0.2, 0.25) is 0 Å². The van der Waals surface area contributed by atoms with Crippen LogP contribution in [0.3, 0.4) is 0 Å². The van der Waals surface area contributed by atoms with Crippen LogP contribution in [0.1, 0.15) is 6.92 Å². The first-order chi connectivity index (χ1) is 5.13. The Kier molecular flexibility index (Phi) is 4.77. The smallest absolute Gasteiger partial charge is 0.342 e. The average Bonchev–Trinajstić information content (AvgIpc) is 1.98. The van der Waals surface area contributed by atoms with Crippen molar-refractivity contribution in [1.82, 2.24) is 0 Å². The van der Waals surface area contributed by atoms with Crippen molar-refractivity contribution in [1.29, 1.82) is 0 Å². The molecule has 0 heterocycles. The Morgan fingerprint density at radius 3 is 2.45 bits per heavy atom. The maximum atomic E-state index is 10.7. The van der Waals surface area contributed by atoms with Gasteiger partial charge in [0.25, 0.3) is 0 Å². The van der Waals surface area contributed by atoms with E-state index in [1.807, 2.05) is 0 Å². The van der Waals surface area contributed by atoms with Gasteiger partial charge in [0.05, 0.1) is 9.47 Å². The SMILES string of the molecule is C/C(O)=C(\COO)C(=O)OP. The van der Waals surface area contributed by atoms with Crippen LogP contribution in [0, 0.1) is 0 Å². The van der Waals surface area contributed by atoms with E-state index >= 15 is 0 Å². The summed E-state index contributed by atoms with van der Waals surface area (Å²) >= 11 is 0. The Labute approximate surface area is 65.8 Å². The van der Waals surface area contributed by atoms with Crippen molar-refractivity contribution in [3.63, 3.8) is 0 Å². The number of rotatable bonds is 3. The van der Waals surface area contributed by atoms with Crippen molar-refractivity contribution in [3.8, 4) is 0 Å². The molecule has 1 unspecified atom stereocenters. The highest BCUT2D eigenvalue weighted by Gasteiger charge is 2.13. The molecule has 0 saturated carbocycles. The van der Waals surface area contributed by atoms with Crippen LogP contribution in [0.4, 0.5) is 0 Å². The van der Waals surface area contributed by atoms with Gasteiger partial charge in [-0.1, -0.05) is 0 Å². The largest absolute Gasteiger partial charge is 0.512 e. The van der Waals surface area contributed by atoms with Crippen molar-refractivity contribution in [2.75, 3.05) is 6.61 Å². The fraction of sp³-hybridized carbons (Fsp3) is 0.400. The first kappa shape index (κ1) is 10.4. The fourth-order valence-corrected chi connectivity index (χ4v) is 0.589. The summed E-state index contributed by atoms with van der Waals surface area (Å²) < 4.78 is 4.19. The second-order valence-corrected chi connectivity index (χ2v) is 1.98. The topological polar surface area (TPSA) is 76.0 Å². The molecule has 0 amide bonds. The molecular weight excluding hydrogens is 171 g/mol. The molecule has 2 N–H and O–H groups in total. The van der Waals surface area contributed by atoms with E-state index in [1.165, 1.54) is 6.92 Å². The van der Waals surface area contributed by atoms with Gasteiger partial charge in [-0.3, -0.25) is 5.26 Å². The van der Waals surface area contributed by atoms with Gasteiger partial charge in [-0.2, -0.15) is 0 Å². The zero-order chi connectivity index (χ0) is 8.85. The lowest BCUT2D eigenvalue weighted by molar-refractivity contribution is -0.234. The predicted molar refractivity (Wildman–Crippen MR) is 39.7 cm³/mol. The van der Waals surface area contributed by atoms with Crippen molar-refractivity contribution in [2.45, 2.75) is 6.92 Å². The maximum absolute atomic E-state index is 10.7. The Morgan fingerprint density at radius 1 is 1.64 bits per heavy atom. The molecule has 0 rings (SSSR count). The summed E-state index contributed by atoms with van der Waals surface area (Å²) in [7, 11) is 1.73. The minimum Gasteiger partial charge on any atom is -0.512 e. The van der Waals surface area contributed by atoms with Gasteiger partial charge in [0.2, 0.25) is 0 Å². The van der Waals surface area contributed by atoms with Crippen molar-refractivity contribution in [2.24, 2.45) is 0 Å². The molecule has 0 aliphatic heterocycles. The molecule has 0 fully saturated rings. The molecule has 64 valence electrons. The summed E-state index contributed by atoms with van der Waals surface area (Å²) in [4.78, 5) is 14.4. The van der Waals surface area contributed by atoms with E-state index in [1.54, 1.807) is 9.47 Å². The van der Waals surface area contributed by atoms with E-state index in [4.69, 9.17) is 10.4 Å². The predicted octanol–water partition coefficient (Wildman–Crippen LogP) is 0.641. The molecule has 0 radical (unpaired) electrons. The van der Waals surface area contributed by atoms with Crippen LogP contribution in [-0.2, 0) is 14.2 Å². The number of hydrogen-bond acceptors (Lipinski definition) is 5. The third-order valence-corrected chi connectivity index (χ3v) is 1.21. The number of aliphatic hydroxyl groups is 1. The number of hydrogen-bond donors (Lipinski definition) is 2. The zero-order valence-electron chi connectivity index (χ0n) is 5.90. The quantitative estimate of drug-likeness (QED) is 0.219. The second-order valence-electron chi connectivity index (χ2n) is 1.74. The Morgan fingerprint density at radius 2 is 2.18 bits per heavy atom. The van der Waals surface area contributed by atoms with Gasteiger partial charge in [0.1, 0.15) is 17.9 Å². The van der Waals surface area contributed by atoms with Gasteiger partial charge in [-0.15, -0.1) is 0 Å². The summed E-state index contributed by atoms with van der Waals surface area (Å²) in [6.45, 7) is 0.894. The molecule has 0 aromatic heterocycles. The highest BCUT2D eigenvalue weighted by Crippen LogP contribution is 2.05. The number of allylic oxidation sites excluding steroid dienone is 1. The first-order valence-corrected chi connectivity index (χ1v) is 3.16. The lowest BCUT2D eigenvalue weighted by Gasteiger charge is -2.02. The summed E-state index contributed by atoms with van der Waals surface area (Å²) in [5.41, 5.74) is -0.123. The second kappa shape index (κ2) is 5.07. The molecule has 6 heteroatoms. The summed E-state index contributed by atoms with van der Waals surface area (Å²) in [5.74, 6) is -1.00. The summed E-state index contributed by atoms with van der Waals surface area (Å²) in [5, 5.41) is 16.8. The molecule has 11 heavy (non-hydrogen) atoms. The molecule has 0 aliphatic carbocycles. The molecule has 0 aromatic rings. The minimum absolute atomic E-state index is 0.123. The highest BCUT2D eigenvalue weighted by molar-refractivity contribution is 7.10. The molecule has 1 atom stereocenters. The lowest BCUT2D eigenvalue weighted by atomic mass is 10.2. The molecule has 0 aromatic carbocycles. The molecule has 0 saturated heterocycles. The fourth-order valence-electron chi connectivity index (χ4n) is 0.447. The van der Waals surface area contributed by atoms with E-state index in [2.05, 4.69) is 9.41 Å². The summed E-state index contributed by atoms with van der Waals surface area (Å²) in [6.07, 6.45) is 0. The van der Waals surface area contributed by atoms with E-state index in [0.29, 0.717) is 0 Å². The lowest BCUT2D eigenvalue weighted by Crippen LogP contribution is -2.10. The van der Waals surface area contributed by atoms with Crippen molar-refractivity contribution >= 4 is 15.4 Å². The molecule has 0 spiro atoms. The van der Waals surface area contributed by atoms with Crippen LogP contribution in [-0.4, -0.2) is 22.9 Å². The van der Waals surface area contributed by atoms with Crippen LogP contribution in [0.25, 0.3) is 0 Å². The van der Waals surface area contributed by atoms with Crippen LogP contribution < -0.4 is 0 Å². The standard InChI is InChI=1S/C5H9O5P/c1-3(6)4(2-9-8)5(7)10-11/h6,8H,2,11H2,1H3/b4-3-. The van der Waals surface area contributed by atoms with Gasteiger partial charge >= 0.3 is 5.97 Å². The van der Waals surface area contributed by atoms with Crippen LogP contribution in [0.5, 0.6) is 0 Å². The van der Waals surface area contributed by atoms with Gasteiger partial charge in [-0.25, -0.2) is 9.68 Å². The summed E-state index contributed by atoms with van der Waals surface area (Å²) in [6, 6.07) is 0. The van der Waals surface area contributed by atoms with E-state index < -0.39 is 12.6 Å². The van der Waals surface area contributed by atoms with Crippen molar-refractivity contribution < 1.29 is 24.6 Å². The van der Waals surface area contributed by atoms with Crippen molar-refractivity contribution in [3.05, 3.63) is 11.3 Å². The monoisotopic (exact) mass is 180 g/mol. The van der Waals surface area contributed by atoms with Gasteiger partial charge < -0.3 is 9.63 Å². The first-order valence-electron chi connectivity index (χ1n) is 2.69. The van der Waals surface area contributed by atoms with Gasteiger partial charge in [0.15, 0.2) is 0 Å². The van der Waals surface area contributed by atoms with E-state index in [-0.39, 0.29) is 11.3 Å². The van der Waals surface area contributed by atoms with Crippen LogP contribution >= 0.6 is 9.47 Å². The van der Waals surface area contributed by atoms with Gasteiger partial charge in [-0.05, 0) is 6.92 Å².